The molecule has 0 bridgehead atoms. The average Bonchev–Trinajstić information content (AvgIpc) is 2.42. The first-order valence-electron chi connectivity index (χ1n) is 7.33. The number of hydrogen-bond acceptors (Lipinski definition) is 4. The van der Waals surface area contributed by atoms with Gasteiger partial charge in [0.15, 0.2) is 0 Å². The van der Waals surface area contributed by atoms with Gasteiger partial charge < -0.3 is 15.4 Å². The van der Waals surface area contributed by atoms with E-state index < -0.39 is 30.8 Å². The summed E-state index contributed by atoms with van der Waals surface area (Å²) in [5.41, 5.74) is -0.965. The number of hydrogen-bond donors (Lipinski definition) is 2. The predicted octanol–water partition coefficient (Wildman–Crippen LogP) is 3.75. The third kappa shape index (κ3) is 6.27. The molecule has 0 radical (unpaired) electrons. The number of alkyl halides is 3. The summed E-state index contributed by atoms with van der Waals surface area (Å²) in [6.45, 7) is 2.64. The first-order valence-corrected chi connectivity index (χ1v) is 8.12. The van der Waals surface area contributed by atoms with Crippen molar-refractivity contribution in [3.63, 3.8) is 0 Å². The molecule has 136 valence electrons. The summed E-state index contributed by atoms with van der Waals surface area (Å²) in [6.07, 6.45) is -0.460. The molecule has 1 aromatic rings. The normalized spacial score (nSPS) is 13.2. The molecule has 0 unspecified atom stereocenters. The van der Waals surface area contributed by atoms with Gasteiger partial charge in [-0.05, 0) is 49.7 Å². The van der Waals surface area contributed by atoms with E-state index in [0.717, 1.165) is 0 Å². The smallest absolute Gasteiger partial charge is 0.345 e. The van der Waals surface area contributed by atoms with Crippen molar-refractivity contribution < 1.29 is 22.7 Å². The Bertz CT molecular complexity index is 571. The van der Waals surface area contributed by atoms with Crippen LogP contribution in [0.4, 0.5) is 18.9 Å². The van der Waals surface area contributed by atoms with Crippen molar-refractivity contribution in [1.82, 2.24) is 10.3 Å². The lowest BCUT2D eigenvalue weighted by Gasteiger charge is -2.28. The molecular weight excluding hydrogens is 391 g/mol. The largest absolute Gasteiger partial charge is 0.382 e. The molecule has 1 atom stereocenters. The van der Waals surface area contributed by atoms with Gasteiger partial charge in [0.2, 0.25) is 0 Å². The van der Waals surface area contributed by atoms with Crippen LogP contribution in [0.1, 0.15) is 38.1 Å². The molecule has 24 heavy (non-hydrogen) atoms. The summed E-state index contributed by atoms with van der Waals surface area (Å²) in [6, 6.07) is 1.70. The quantitative estimate of drug-likeness (QED) is 0.639. The Hall–Kier alpha value is -1.35. The number of pyridine rings is 1. The molecule has 1 aromatic heterocycles. The molecule has 1 heterocycles. The zero-order valence-corrected chi connectivity index (χ0v) is 15.5. The second-order valence-corrected chi connectivity index (χ2v) is 6.82. The van der Waals surface area contributed by atoms with Gasteiger partial charge in [-0.15, -0.1) is 0 Å². The maximum Gasteiger partial charge on any atom is 0.345 e. The average molecular weight is 412 g/mol. The highest BCUT2D eigenvalue weighted by Crippen LogP contribution is 2.22. The maximum absolute atomic E-state index is 14.1. The molecule has 0 aliphatic rings. The lowest BCUT2D eigenvalue weighted by atomic mass is 10.0. The van der Waals surface area contributed by atoms with Gasteiger partial charge >= 0.3 is 6.61 Å². The second-order valence-electron chi connectivity index (χ2n) is 6.01. The van der Waals surface area contributed by atoms with Gasteiger partial charge in [-0.25, -0.2) is 9.37 Å². The van der Waals surface area contributed by atoms with Gasteiger partial charge in [-0.2, -0.15) is 8.78 Å². The van der Waals surface area contributed by atoms with E-state index in [-0.39, 0.29) is 11.6 Å². The maximum atomic E-state index is 14.1. The number of rotatable bonds is 8. The molecule has 0 saturated heterocycles. The van der Waals surface area contributed by atoms with Gasteiger partial charge in [0.05, 0.1) is 17.8 Å². The number of nitrogens with one attached hydrogen (secondary N) is 2. The molecular formula is C15H21BrF3N3O2. The monoisotopic (exact) mass is 411 g/mol. The summed E-state index contributed by atoms with van der Waals surface area (Å²) in [7, 11) is 0. The molecule has 1 rings (SSSR count). The van der Waals surface area contributed by atoms with Crippen LogP contribution in [0, 0.1) is 0 Å². The third-order valence-electron chi connectivity index (χ3n) is 3.15. The number of carbonyl (C=O) groups excluding carboxylic acids is 1. The highest BCUT2D eigenvalue weighted by Gasteiger charge is 2.34. The molecule has 5 nitrogen and oxygen atoms in total. The summed E-state index contributed by atoms with van der Waals surface area (Å²) < 4.78 is 43.4. The zero-order valence-electron chi connectivity index (χ0n) is 13.9. The van der Waals surface area contributed by atoms with Crippen LogP contribution < -0.4 is 10.6 Å². The van der Waals surface area contributed by atoms with Crippen molar-refractivity contribution in [3.8, 4) is 0 Å². The topological polar surface area (TPSA) is 63.2 Å². The van der Waals surface area contributed by atoms with Gasteiger partial charge in [0.1, 0.15) is 16.4 Å². The molecule has 0 spiro atoms. The Kier molecular flexibility index (Phi) is 7.47. The minimum Gasteiger partial charge on any atom is -0.382 e. The van der Waals surface area contributed by atoms with Crippen molar-refractivity contribution in [2.45, 2.75) is 52.1 Å². The van der Waals surface area contributed by atoms with Gasteiger partial charge in [-0.1, -0.05) is 0 Å². The molecule has 0 aromatic carbocycles. The first-order chi connectivity index (χ1) is 11.0. The van der Waals surface area contributed by atoms with Crippen molar-refractivity contribution in [1.29, 1.82) is 0 Å². The molecule has 9 heteroatoms. The van der Waals surface area contributed by atoms with E-state index in [9.17, 15) is 18.0 Å². The van der Waals surface area contributed by atoms with Crippen molar-refractivity contribution in [3.05, 3.63) is 22.4 Å². The van der Waals surface area contributed by atoms with Crippen molar-refractivity contribution >= 4 is 27.5 Å². The fraction of sp³-hybridized carbons (Fsp3) is 0.600. The Labute approximate surface area is 147 Å². The van der Waals surface area contributed by atoms with Crippen LogP contribution in [0.3, 0.4) is 0 Å². The first kappa shape index (κ1) is 20.7. The molecule has 0 aliphatic carbocycles. The van der Waals surface area contributed by atoms with Gasteiger partial charge in [0, 0.05) is 12.2 Å². The van der Waals surface area contributed by atoms with Gasteiger partial charge in [0.25, 0.3) is 5.91 Å². The van der Waals surface area contributed by atoms with Crippen molar-refractivity contribution in [2.75, 3.05) is 11.9 Å². The van der Waals surface area contributed by atoms with E-state index >= 15 is 0 Å². The third-order valence-corrected chi connectivity index (χ3v) is 3.58. The van der Waals surface area contributed by atoms with Crippen LogP contribution in [-0.4, -0.2) is 41.9 Å². The fourth-order valence-electron chi connectivity index (χ4n) is 1.87. The number of aromatic nitrogens is 1. The van der Waals surface area contributed by atoms with Crippen LogP contribution in [-0.2, 0) is 4.74 Å². The fourth-order valence-corrected chi connectivity index (χ4v) is 2.20. The standard InChI is InChI=1S/C15H21BrF3N3O2/c1-8(2)22-10-5-12(16)20-6-9(10)13(23)21-7-11(17)15(3,4)24-14(18)19/h5-6,8,11,14H,7H2,1-4H3,(H,20,22)(H,21,23)/t11-/m1/s1. The molecule has 0 saturated carbocycles. The summed E-state index contributed by atoms with van der Waals surface area (Å²) in [5.74, 6) is -0.561. The van der Waals surface area contributed by atoms with Crippen LogP contribution in [0.25, 0.3) is 0 Å². The van der Waals surface area contributed by atoms with Crippen LogP contribution >= 0.6 is 15.9 Å². The van der Waals surface area contributed by atoms with E-state index in [0.29, 0.717) is 10.3 Å². The molecule has 0 fully saturated rings. The Morgan fingerprint density at radius 3 is 2.54 bits per heavy atom. The number of anilines is 1. The minimum atomic E-state index is -3.09. The highest BCUT2D eigenvalue weighted by molar-refractivity contribution is 9.10. The van der Waals surface area contributed by atoms with E-state index in [2.05, 4.69) is 36.3 Å². The SMILES string of the molecule is CC(C)Nc1cc(Br)ncc1C(=O)NC[C@@H](F)C(C)(C)OC(F)F. The van der Waals surface area contributed by atoms with E-state index in [4.69, 9.17) is 0 Å². The van der Waals surface area contributed by atoms with Crippen LogP contribution in [0.2, 0.25) is 0 Å². The predicted molar refractivity (Wildman–Crippen MR) is 89.1 cm³/mol. The summed E-state index contributed by atoms with van der Waals surface area (Å²) >= 11 is 3.22. The molecule has 0 aliphatic heterocycles. The number of ether oxygens (including phenoxy) is 1. The molecule has 1 amide bonds. The summed E-state index contributed by atoms with van der Waals surface area (Å²) in [5, 5.41) is 5.47. The zero-order chi connectivity index (χ0) is 18.5. The van der Waals surface area contributed by atoms with Crippen LogP contribution in [0.15, 0.2) is 16.9 Å². The Morgan fingerprint density at radius 1 is 1.38 bits per heavy atom. The molecule has 2 N–H and O–H groups in total. The lowest BCUT2D eigenvalue weighted by molar-refractivity contribution is -0.215. The van der Waals surface area contributed by atoms with E-state index in [1.165, 1.54) is 20.0 Å². The highest BCUT2D eigenvalue weighted by atomic mass is 79.9. The number of nitrogens with zero attached hydrogens (tertiary/aromatic N) is 1. The number of amides is 1. The Morgan fingerprint density at radius 2 is 2.00 bits per heavy atom. The van der Waals surface area contributed by atoms with Gasteiger partial charge in [-0.3, -0.25) is 4.79 Å². The summed E-state index contributed by atoms with van der Waals surface area (Å²) in [4.78, 5) is 16.2. The Balaban J connectivity index is 2.78. The van der Waals surface area contributed by atoms with E-state index in [1.54, 1.807) is 6.07 Å². The number of halogens is 4. The second kappa shape index (κ2) is 8.66. The number of carbonyl (C=O) groups is 1. The minimum absolute atomic E-state index is 0.0677. The van der Waals surface area contributed by atoms with Crippen LogP contribution in [0.5, 0.6) is 0 Å². The lowest BCUT2D eigenvalue weighted by Crippen LogP contribution is -2.45. The van der Waals surface area contributed by atoms with E-state index in [1.807, 2.05) is 13.8 Å². The van der Waals surface area contributed by atoms with Crippen molar-refractivity contribution in [2.24, 2.45) is 0 Å².